The van der Waals surface area contributed by atoms with E-state index in [2.05, 4.69) is 21.2 Å². The third kappa shape index (κ3) is 4.38. The molecular weight excluding hydrogens is 299 g/mol. The first-order valence-electron chi connectivity index (χ1n) is 5.81. The number of carbonyl (C=O) groups excluding carboxylic acids is 1. The molecule has 5 heteroatoms. The monoisotopic (exact) mass is 316 g/mol. The van der Waals surface area contributed by atoms with Crippen molar-refractivity contribution in [3.63, 3.8) is 0 Å². The van der Waals surface area contributed by atoms with Gasteiger partial charge in [-0.3, -0.25) is 4.79 Å². The second kappa shape index (κ2) is 6.85. The van der Waals surface area contributed by atoms with Crippen LogP contribution in [0.2, 0.25) is 0 Å². The van der Waals surface area contributed by atoms with Crippen molar-refractivity contribution in [2.24, 2.45) is 0 Å². The van der Waals surface area contributed by atoms with E-state index >= 15 is 0 Å². The van der Waals surface area contributed by atoms with Crippen molar-refractivity contribution in [3.05, 3.63) is 34.1 Å². The van der Waals surface area contributed by atoms with E-state index in [4.69, 9.17) is 0 Å². The topological polar surface area (TPSA) is 32.3 Å². The van der Waals surface area contributed by atoms with Crippen LogP contribution in [0.5, 0.6) is 0 Å². The van der Waals surface area contributed by atoms with E-state index in [1.54, 1.807) is 12.1 Å². The number of nitrogens with one attached hydrogen (secondary N) is 1. The van der Waals surface area contributed by atoms with Crippen LogP contribution in [0.4, 0.5) is 4.39 Å². The number of hydrogen-bond donors (Lipinski definition) is 1. The molecule has 0 saturated heterocycles. The molecule has 1 atom stereocenters. The Morgan fingerprint density at radius 3 is 2.78 bits per heavy atom. The van der Waals surface area contributed by atoms with Crippen molar-refractivity contribution >= 4 is 21.8 Å². The Hall–Kier alpha value is -0.940. The largest absolute Gasteiger partial charge is 0.349 e. The molecule has 0 heterocycles. The number of nitrogens with zero attached hydrogens (tertiary/aromatic N) is 1. The van der Waals surface area contributed by atoms with Gasteiger partial charge in [0.05, 0.1) is 10.0 Å². The summed E-state index contributed by atoms with van der Waals surface area (Å²) in [5.74, 6) is -0.894. The van der Waals surface area contributed by atoms with Crippen molar-refractivity contribution in [3.8, 4) is 0 Å². The molecule has 0 bridgehead atoms. The van der Waals surface area contributed by atoms with E-state index in [1.165, 1.54) is 6.07 Å². The van der Waals surface area contributed by atoms with E-state index in [-0.39, 0.29) is 17.5 Å². The molecule has 1 amide bonds. The highest BCUT2D eigenvalue weighted by atomic mass is 79.9. The average molecular weight is 317 g/mol. The van der Waals surface area contributed by atoms with Crippen LogP contribution < -0.4 is 5.32 Å². The average Bonchev–Trinajstić information content (AvgIpc) is 2.30. The summed E-state index contributed by atoms with van der Waals surface area (Å²) >= 11 is 3.07. The lowest BCUT2D eigenvalue weighted by Crippen LogP contribution is -2.35. The fourth-order valence-corrected chi connectivity index (χ4v) is 1.87. The van der Waals surface area contributed by atoms with Crippen molar-refractivity contribution in [2.45, 2.75) is 19.4 Å². The smallest absolute Gasteiger partial charge is 0.254 e. The minimum absolute atomic E-state index is 0.0123. The van der Waals surface area contributed by atoms with Gasteiger partial charge >= 0.3 is 0 Å². The molecule has 0 aliphatic rings. The molecule has 0 spiro atoms. The lowest BCUT2D eigenvalue weighted by molar-refractivity contribution is 0.0932. The molecule has 0 radical (unpaired) electrons. The maximum Gasteiger partial charge on any atom is 0.254 e. The van der Waals surface area contributed by atoms with Gasteiger partial charge in [-0.25, -0.2) is 4.39 Å². The Balaban J connectivity index is 2.62. The third-order valence-corrected chi connectivity index (χ3v) is 3.20. The van der Waals surface area contributed by atoms with Crippen molar-refractivity contribution in [1.29, 1.82) is 0 Å². The molecule has 1 rings (SSSR count). The minimum atomic E-state index is -0.519. The van der Waals surface area contributed by atoms with Gasteiger partial charge in [-0.1, -0.05) is 6.07 Å². The molecule has 0 saturated carbocycles. The summed E-state index contributed by atoms with van der Waals surface area (Å²) in [6, 6.07) is 4.71. The molecule has 18 heavy (non-hydrogen) atoms. The number of rotatable bonds is 5. The van der Waals surface area contributed by atoms with Crippen LogP contribution in [0.25, 0.3) is 0 Å². The molecule has 0 fully saturated rings. The van der Waals surface area contributed by atoms with Gasteiger partial charge < -0.3 is 10.2 Å². The van der Waals surface area contributed by atoms with Gasteiger partial charge in [-0.2, -0.15) is 0 Å². The first-order valence-corrected chi connectivity index (χ1v) is 6.60. The predicted molar refractivity (Wildman–Crippen MR) is 74.2 cm³/mol. The summed E-state index contributed by atoms with van der Waals surface area (Å²) in [6.07, 6.45) is 0.828. The van der Waals surface area contributed by atoms with Crippen LogP contribution in [-0.2, 0) is 0 Å². The van der Waals surface area contributed by atoms with Crippen molar-refractivity contribution in [1.82, 2.24) is 10.2 Å². The molecule has 0 aliphatic heterocycles. The van der Waals surface area contributed by atoms with Gasteiger partial charge in [0.15, 0.2) is 0 Å². The van der Waals surface area contributed by atoms with Gasteiger partial charge in [-0.15, -0.1) is 0 Å². The van der Waals surface area contributed by atoms with Crippen LogP contribution in [0, 0.1) is 5.82 Å². The molecule has 100 valence electrons. The van der Waals surface area contributed by atoms with Crippen LogP contribution in [0.3, 0.4) is 0 Å². The summed E-state index contributed by atoms with van der Waals surface area (Å²) in [5, 5.41) is 2.79. The second-order valence-electron chi connectivity index (χ2n) is 4.57. The zero-order valence-electron chi connectivity index (χ0n) is 10.8. The molecule has 1 N–H and O–H groups in total. The van der Waals surface area contributed by atoms with Crippen LogP contribution in [0.15, 0.2) is 22.7 Å². The number of amides is 1. The van der Waals surface area contributed by atoms with Crippen molar-refractivity contribution in [2.75, 3.05) is 20.6 Å². The second-order valence-corrected chi connectivity index (χ2v) is 5.42. The van der Waals surface area contributed by atoms with E-state index in [9.17, 15) is 9.18 Å². The summed E-state index contributed by atoms with van der Waals surface area (Å²) in [4.78, 5) is 13.9. The summed E-state index contributed by atoms with van der Waals surface area (Å²) in [6.45, 7) is 2.79. The highest BCUT2D eigenvalue weighted by molar-refractivity contribution is 9.10. The Bertz CT molecular complexity index is 423. The zero-order chi connectivity index (χ0) is 13.7. The van der Waals surface area contributed by atoms with Crippen molar-refractivity contribution < 1.29 is 9.18 Å². The third-order valence-electron chi connectivity index (χ3n) is 2.58. The van der Waals surface area contributed by atoms with Gasteiger partial charge in [0, 0.05) is 6.04 Å². The molecule has 0 aliphatic carbocycles. The van der Waals surface area contributed by atoms with Crippen LogP contribution >= 0.6 is 15.9 Å². The van der Waals surface area contributed by atoms with E-state index < -0.39 is 5.82 Å². The van der Waals surface area contributed by atoms with Gasteiger partial charge in [0.25, 0.3) is 5.91 Å². The van der Waals surface area contributed by atoms with Gasteiger partial charge in [0.1, 0.15) is 5.82 Å². The summed E-state index contributed by atoms with van der Waals surface area (Å²) in [5.41, 5.74) is 0.0704. The highest BCUT2D eigenvalue weighted by Crippen LogP contribution is 2.18. The van der Waals surface area contributed by atoms with E-state index in [0.717, 1.165) is 13.0 Å². The molecule has 1 aromatic carbocycles. The van der Waals surface area contributed by atoms with Gasteiger partial charge in [0.2, 0.25) is 0 Å². The quantitative estimate of drug-likeness (QED) is 0.905. The summed E-state index contributed by atoms with van der Waals surface area (Å²) in [7, 11) is 3.95. The maximum absolute atomic E-state index is 13.7. The van der Waals surface area contributed by atoms with Gasteiger partial charge in [-0.05, 0) is 62.0 Å². The minimum Gasteiger partial charge on any atom is -0.349 e. The Labute approximate surface area is 115 Å². The van der Waals surface area contributed by atoms with Crippen LogP contribution in [-0.4, -0.2) is 37.5 Å². The SMILES string of the molecule is CC(CCN(C)C)NC(=O)c1cccc(Br)c1F. The maximum atomic E-state index is 13.7. The summed E-state index contributed by atoms with van der Waals surface area (Å²) < 4.78 is 14.0. The number of hydrogen-bond acceptors (Lipinski definition) is 2. The lowest BCUT2D eigenvalue weighted by atomic mass is 10.1. The number of carbonyl (C=O) groups is 1. The van der Waals surface area contributed by atoms with E-state index in [0.29, 0.717) is 4.47 Å². The normalized spacial score (nSPS) is 12.6. The fourth-order valence-electron chi connectivity index (χ4n) is 1.50. The number of benzene rings is 1. The highest BCUT2D eigenvalue weighted by Gasteiger charge is 2.15. The lowest BCUT2D eigenvalue weighted by Gasteiger charge is -2.17. The number of halogens is 2. The Morgan fingerprint density at radius 1 is 1.50 bits per heavy atom. The molecule has 3 nitrogen and oxygen atoms in total. The first kappa shape index (κ1) is 15.1. The molecule has 1 unspecified atom stereocenters. The Kier molecular flexibility index (Phi) is 5.75. The molecule has 1 aromatic rings. The standard InChI is InChI=1S/C13H18BrFN2O/c1-9(7-8-17(2)3)16-13(18)10-5-4-6-11(14)12(10)15/h4-6,9H,7-8H2,1-3H3,(H,16,18). The van der Waals surface area contributed by atoms with Crippen LogP contribution in [0.1, 0.15) is 23.7 Å². The Morgan fingerprint density at radius 2 is 2.17 bits per heavy atom. The molecular formula is C13H18BrFN2O. The predicted octanol–water partition coefficient (Wildman–Crippen LogP) is 2.66. The van der Waals surface area contributed by atoms with E-state index in [1.807, 2.05) is 25.9 Å². The molecule has 0 aromatic heterocycles. The zero-order valence-corrected chi connectivity index (χ0v) is 12.4. The first-order chi connectivity index (χ1) is 8.41. The fraction of sp³-hybridized carbons (Fsp3) is 0.462.